The van der Waals surface area contributed by atoms with E-state index in [1.54, 1.807) is 14.2 Å². The highest BCUT2D eigenvalue weighted by Crippen LogP contribution is 2.30. The second kappa shape index (κ2) is 5.13. The Hall–Kier alpha value is -2.08. The van der Waals surface area contributed by atoms with Crippen molar-refractivity contribution < 1.29 is 9.47 Å². The van der Waals surface area contributed by atoms with E-state index in [2.05, 4.69) is 10.1 Å². The molecule has 0 amide bonds. The second-order valence-corrected chi connectivity index (χ2v) is 4.87. The summed E-state index contributed by atoms with van der Waals surface area (Å²) in [5.41, 5.74) is 6.95. The van der Waals surface area contributed by atoms with Crippen molar-refractivity contribution in [1.29, 1.82) is 0 Å². The Morgan fingerprint density at radius 3 is 2.50 bits per heavy atom. The first kappa shape index (κ1) is 12.9. The third-order valence-electron chi connectivity index (χ3n) is 3.53. The van der Waals surface area contributed by atoms with Crippen LogP contribution in [0.15, 0.2) is 18.2 Å². The minimum atomic E-state index is -0.0301. The molecular weight excluding hydrogens is 256 g/mol. The van der Waals surface area contributed by atoms with Crippen molar-refractivity contribution in [2.24, 2.45) is 5.73 Å². The largest absolute Gasteiger partial charge is 0.497 e. The molecule has 1 unspecified atom stereocenters. The van der Waals surface area contributed by atoms with Crippen molar-refractivity contribution in [1.82, 2.24) is 14.8 Å². The van der Waals surface area contributed by atoms with Crippen LogP contribution in [-0.2, 0) is 6.54 Å². The molecule has 2 heterocycles. The van der Waals surface area contributed by atoms with Crippen LogP contribution in [0.25, 0.3) is 11.4 Å². The molecule has 1 atom stereocenters. The van der Waals surface area contributed by atoms with Crippen LogP contribution in [0.3, 0.4) is 0 Å². The van der Waals surface area contributed by atoms with E-state index in [0.29, 0.717) is 5.82 Å². The van der Waals surface area contributed by atoms with Crippen molar-refractivity contribution in [3.05, 3.63) is 24.0 Å². The number of aryl methyl sites for hydroxylation is 1. The van der Waals surface area contributed by atoms with Crippen LogP contribution in [0.4, 0.5) is 0 Å². The van der Waals surface area contributed by atoms with Crippen LogP contribution in [0.1, 0.15) is 24.7 Å². The Labute approximate surface area is 117 Å². The van der Waals surface area contributed by atoms with Crippen LogP contribution in [-0.4, -0.2) is 29.0 Å². The van der Waals surface area contributed by atoms with E-state index in [9.17, 15) is 0 Å². The first-order chi connectivity index (χ1) is 9.71. The predicted molar refractivity (Wildman–Crippen MR) is 74.7 cm³/mol. The van der Waals surface area contributed by atoms with Gasteiger partial charge in [-0.15, -0.1) is 0 Å². The number of ether oxygens (including phenoxy) is 2. The van der Waals surface area contributed by atoms with Gasteiger partial charge in [0, 0.05) is 18.2 Å². The number of nitrogens with zero attached hydrogens (tertiary/aromatic N) is 3. The van der Waals surface area contributed by atoms with Gasteiger partial charge in [0.2, 0.25) is 0 Å². The summed E-state index contributed by atoms with van der Waals surface area (Å²) in [6.07, 6.45) is 2.00. The molecule has 0 spiro atoms. The normalized spacial score (nSPS) is 17.6. The molecular formula is C14H18N4O2. The van der Waals surface area contributed by atoms with E-state index >= 15 is 0 Å². The van der Waals surface area contributed by atoms with Gasteiger partial charge in [0.25, 0.3) is 0 Å². The molecule has 2 aromatic rings. The second-order valence-electron chi connectivity index (χ2n) is 4.87. The van der Waals surface area contributed by atoms with Crippen LogP contribution in [0.2, 0.25) is 0 Å². The third-order valence-corrected chi connectivity index (χ3v) is 3.53. The van der Waals surface area contributed by atoms with Gasteiger partial charge in [0.15, 0.2) is 5.82 Å². The monoisotopic (exact) mass is 274 g/mol. The number of fused-ring (bicyclic) bond motifs is 1. The summed E-state index contributed by atoms with van der Waals surface area (Å²) in [5, 5.41) is 4.54. The number of hydrogen-bond acceptors (Lipinski definition) is 5. The summed E-state index contributed by atoms with van der Waals surface area (Å²) in [6, 6.07) is 5.59. The first-order valence-corrected chi connectivity index (χ1v) is 6.65. The molecule has 1 aliphatic heterocycles. The lowest BCUT2D eigenvalue weighted by atomic mass is 10.1. The molecule has 1 aromatic heterocycles. The van der Waals surface area contributed by atoms with E-state index in [-0.39, 0.29) is 6.04 Å². The fourth-order valence-corrected chi connectivity index (χ4v) is 2.44. The molecule has 106 valence electrons. The summed E-state index contributed by atoms with van der Waals surface area (Å²) in [6.45, 7) is 0.872. The lowest BCUT2D eigenvalue weighted by Crippen LogP contribution is -2.22. The summed E-state index contributed by atoms with van der Waals surface area (Å²) < 4.78 is 12.4. The van der Waals surface area contributed by atoms with Crippen LogP contribution >= 0.6 is 0 Å². The van der Waals surface area contributed by atoms with Crippen molar-refractivity contribution >= 4 is 0 Å². The molecule has 1 aromatic carbocycles. The van der Waals surface area contributed by atoms with E-state index in [1.165, 1.54) is 0 Å². The fraction of sp³-hybridized carbons (Fsp3) is 0.429. The lowest BCUT2D eigenvalue weighted by molar-refractivity contribution is 0.394. The summed E-state index contributed by atoms with van der Waals surface area (Å²) in [5.74, 6) is 2.95. The van der Waals surface area contributed by atoms with Gasteiger partial charge < -0.3 is 15.2 Å². The maximum absolute atomic E-state index is 6.08. The zero-order valence-electron chi connectivity index (χ0n) is 11.7. The van der Waals surface area contributed by atoms with Crippen LogP contribution in [0, 0.1) is 0 Å². The Bertz CT molecular complexity index is 601. The highest BCUT2D eigenvalue weighted by Gasteiger charge is 2.21. The molecule has 1 aliphatic rings. The first-order valence-electron chi connectivity index (χ1n) is 6.65. The van der Waals surface area contributed by atoms with E-state index in [4.69, 9.17) is 15.2 Å². The average Bonchev–Trinajstić information content (AvgIpc) is 2.92. The van der Waals surface area contributed by atoms with Crippen LogP contribution < -0.4 is 15.2 Å². The summed E-state index contributed by atoms with van der Waals surface area (Å²) >= 11 is 0. The molecule has 0 saturated heterocycles. The molecule has 2 N–H and O–H groups in total. The third kappa shape index (κ3) is 2.22. The van der Waals surface area contributed by atoms with Crippen LogP contribution in [0.5, 0.6) is 11.5 Å². The van der Waals surface area contributed by atoms with Crippen molar-refractivity contribution in [2.45, 2.75) is 25.4 Å². The molecule has 0 saturated carbocycles. The highest BCUT2D eigenvalue weighted by molar-refractivity contribution is 5.60. The molecule has 6 heteroatoms. The van der Waals surface area contributed by atoms with Gasteiger partial charge in [-0.2, -0.15) is 5.10 Å². The number of benzene rings is 1. The fourth-order valence-electron chi connectivity index (χ4n) is 2.44. The highest BCUT2D eigenvalue weighted by atomic mass is 16.5. The minimum Gasteiger partial charge on any atom is -0.497 e. The van der Waals surface area contributed by atoms with Gasteiger partial charge in [-0.25, -0.2) is 9.67 Å². The molecule has 6 nitrogen and oxygen atoms in total. The lowest BCUT2D eigenvalue weighted by Gasteiger charge is -2.17. The van der Waals surface area contributed by atoms with E-state index in [1.807, 2.05) is 22.9 Å². The molecule has 3 rings (SSSR count). The Balaban J connectivity index is 2.04. The number of rotatable bonds is 3. The van der Waals surface area contributed by atoms with Crippen molar-refractivity contribution in [2.75, 3.05) is 14.2 Å². The number of hydrogen-bond donors (Lipinski definition) is 1. The van der Waals surface area contributed by atoms with Gasteiger partial charge in [-0.3, -0.25) is 0 Å². The summed E-state index contributed by atoms with van der Waals surface area (Å²) in [7, 11) is 3.25. The molecule has 0 aliphatic carbocycles. The van der Waals surface area contributed by atoms with E-state index < -0.39 is 0 Å². The number of aromatic nitrogens is 3. The predicted octanol–water partition coefficient (Wildman–Crippen LogP) is 1.76. The van der Waals surface area contributed by atoms with Gasteiger partial charge in [0.1, 0.15) is 17.3 Å². The zero-order chi connectivity index (χ0) is 14.1. The topological polar surface area (TPSA) is 75.2 Å². The maximum Gasteiger partial charge on any atom is 0.181 e. The maximum atomic E-state index is 6.08. The smallest absolute Gasteiger partial charge is 0.181 e. The average molecular weight is 274 g/mol. The molecule has 0 radical (unpaired) electrons. The zero-order valence-corrected chi connectivity index (χ0v) is 11.7. The summed E-state index contributed by atoms with van der Waals surface area (Å²) in [4.78, 5) is 4.57. The molecule has 0 fully saturated rings. The Kier molecular flexibility index (Phi) is 3.31. The molecule has 0 bridgehead atoms. The SMILES string of the molecule is COc1cc(OC)cc(-c2nc3n(n2)CCCC3N)c1. The minimum absolute atomic E-state index is 0.0301. The number of methoxy groups -OCH3 is 2. The van der Waals surface area contributed by atoms with Crippen molar-refractivity contribution in [3.63, 3.8) is 0 Å². The molecule has 20 heavy (non-hydrogen) atoms. The Morgan fingerprint density at radius 1 is 1.20 bits per heavy atom. The van der Waals surface area contributed by atoms with Gasteiger partial charge >= 0.3 is 0 Å². The number of nitrogens with two attached hydrogens (primary N) is 1. The van der Waals surface area contributed by atoms with Gasteiger partial charge in [-0.1, -0.05) is 0 Å². The van der Waals surface area contributed by atoms with Crippen molar-refractivity contribution in [3.8, 4) is 22.9 Å². The Morgan fingerprint density at radius 2 is 1.90 bits per heavy atom. The van der Waals surface area contributed by atoms with E-state index in [0.717, 1.165) is 42.3 Å². The van der Waals surface area contributed by atoms with Gasteiger partial charge in [-0.05, 0) is 25.0 Å². The standard InChI is InChI=1S/C14H18N4O2/c1-19-10-6-9(7-11(8-10)20-2)13-16-14-12(15)4-3-5-18(14)17-13/h6-8,12H,3-5,15H2,1-2H3. The quantitative estimate of drug-likeness (QED) is 0.923. The van der Waals surface area contributed by atoms with Gasteiger partial charge in [0.05, 0.1) is 20.3 Å².